The summed E-state index contributed by atoms with van der Waals surface area (Å²) in [6.07, 6.45) is 0.831. The van der Waals surface area contributed by atoms with Crippen LogP contribution in [0.3, 0.4) is 0 Å². The first-order valence-corrected chi connectivity index (χ1v) is 10.4. The SMILES string of the molecule is CCC(=O)Nc1nnc(S(=O)(=O)NC(CC)c2ccc(OC)c(C)c2)s1. The molecule has 1 aromatic heterocycles. The van der Waals surface area contributed by atoms with Crippen LogP contribution < -0.4 is 14.8 Å². The molecule has 0 aliphatic rings. The smallest absolute Gasteiger partial charge is 0.270 e. The van der Waals surface area contributed by atoms with Crippen LogP contribution in [0.2, 0.25) is 0 Å². The molecule has 0 aliphatic carbocycles. The van der Waals surface area contributed by atoms with E-state index >= 15 is 0 Å². The van der Waals surface area contributed by atoms with E-state index in [0.29, 0.717) is 6.42 Å². The van der Waals surface area contributed by atoms with Crippen molar-refractivity contribution in [2.75, 3.05) is 12.4 Å². The Morgan fingerprint density at radius 2 is 2.04 bits per heavy atom. The number of nitrogens with one attached hydrogen (secondary N) is 2. The topological polar surface area (TPSA) is 110 Å². The van der Waals surface area contributed by atoms with Gasteiger partial charge in [-0.1, -0.05) is 37.3 Å². The fourth-order valence-corrected chi connectivity index (χ4v) is 4.56. The number of amides is 1. The fraction of sp³-hybridized carbons (Fsp3) is 0.438. The number of rotatable bonds is 8. The maximum atomic E-state index is 12.6. The molecule has 0 aliphatic heterocycles. The minimum atomic E-state index is -3.86. The van der Waals surface area contributed by atoms with E-state index in [2.05, 4.69) is 20.2 Å². The molecule has 0 spiro atoms. The summed E-state index contributed by atoms with van der Waals surface area (Å²) in [5.41, 5.74) is 1.75. The number of hydrogen-bond acceptors (Lipinski definition) is 7. The summed E-state index contributed by atoms with van der Waals surface area (Å²) >= 11 is 0.816. The van der Waals surface area contributed by atoms with Crippen molar-refractivity contribution in [3.63, 3.8) is 0 Å². The molecule has 1 heterocycles. The zero-order valence-electron chi connectivity index (χ0n) is 15.1. The van der Waals surface area contributed by atoms with Crippen molar-refractivity contribution >= 4 is 32.4 Å². The number of hydrogen-bond donors (Lipinski definition) is 2. The molecule has 1 atom stereocenters. The van der Waals surface area contributed by atoms with Crippen LogP contribution in [0.15, 0.2) is 22.5 Å². The zero-order chi connectivity index (χ0) is 19.3. The van der Waals surface area contributed by atoms with Gasteiger partial charge in [0.05, 0.1) is 7.11 Å². The Kier molecular flexibility index (Phi) is 6.68. The van der Waals surface area contributed by atoms with Crippen LogP contribution in [0.5, 0.6) is 5.75 Å². The molecule has 0 saturated heterocycles. The third-order valence-corrected chi connectivity index (χ3v) is 6.41. The van der Waals surface area contributed by atoms with Gasteiger partial charge in [0.2, 0.25) is 15.4 Å². The molecule has 2 rings (SSSR count). The lowest BCUT2D eigenvalue weighted by Gasteiger charge is -2.17. The number of carbonyl (C=O) groups excluding carboxylic acids is 1. The first-order valence-electron chi connectivity index (χ1n) is 8.10. The van der Waals surface area contributed by atoms with Gasteiger partial charge < -0.3 is 10.1 Å². The Labute approximate surface area is 157 Å². The molecular weight excluding hydrogens is 376 g/mol. The molecule has 0 saturated carbocycles. The van der Waals surface area contributed by atoms with Crippen LogP contribution in [-0.4, -0.2) is 31.6 Å². The van der Waals surface area contributed by atoms with E-state index in [1.165, 1.54) is 0 Å². The van der Waals surface area contributed by atoms with Gasteiger partial charge in [0.25, 0.3) is 10.0 Å². The Balaban J connectivity index is 2.21. The number of aryl methyl sites for hydroxylation is 1. The Hall–Kier alpha value is -2.04. The van der Waals surface area contributed by atoms with E-state index in [0.717, 1.165) is 28.2 Å². The van der Waals surface area contributed by atoms with Gasteiger partial charge in [0.1, 0.15) is 5.75 Å². The number of methoxy groups -OCH3 is 1. The molecule has 1 aromatic carbocycles. The molecular formula is C16H22N4O4S2. The number of carbonyl (C=O) groups is 1. The second-order valence-corrected chi connectivity index (χ2v) is 8.45. The maximum Gasteiger partial charge on any atom is 0.270 e. The average molecular weight is 399 g/mol. The van der Waals surface area contributed by atoms with Crippen LogP contribution in [0, 0.1) is 6.92 Å². The molecule has 0 fully saturated rings. The predicted octanol–water partition coefficient (Wildman–Crippen LogP) is 2.63. The molecule has 0 bridgehead atoms. The van der Waals surface area contributed by atoms with Crippen LogP contribution in [0.1, 0.15) is 43.9 Å². The first-order chi connectivity index (χ1) is 12.3. The molecule has 2 N–H and O–H groups in total. The molecule has 26 heavy (non-hydrogen) atoms. The van der Waals surface area contributed by atoms with E-state index < -0.39 is 16.1 Å². The molecule has 2 aromatic rings. The summed E-state index contributed by atoms with van der Waals surface area (Å²) < 4.78 is 32.9. The average Bonchev–Trinajstić information content (AvgIpc) is 3.09. The quantitative estimate of drug-likeness (QED) is 0.662. The second kappa shape index (κ2) is 8.56. The van der Waals surface area contributed by atoms with E-state index in [1.807, 2.05) is 32.0 Å². The maximum absolute atomic E-state index is 12.6. The highest BCUT2D eigenvalue weighted by atomic mass is 32.2. The van der Waals surface area contributed by atoms with Gasteiger partial charge in [-0.3, -0.25) is 4.79 Å². The van der Waals surface area contributed by atoms with Crippen molar-refractivity contribution < 1.29 is 17.9 Å². The van der Waals surface area contributed by atoms with Crippen molar-refractivity contribution in [1.82, 2.24) is 14.9 Å². The van der Waals surface area contributed by atoms with Crippen LogP contribution in [0.25, 0.3) is 0 Å². The number of anilines is 1. The third kappa shape index (κ3) is 4.77. The number of ether oxygens (including phenoxy) is 1. The second-order valence-electron chi connectivity index (χ2n) is 5.59. The minimum Gasteiger partial charge on any atom is -0.496 e. The van der Waals surface area contributed by atoms with Crippen molar-refractivity contribution in [2.24, 2.45) is 0 Å². The first kappa shape index (κ1) is 20.3. The summed E-state index contributed by atoms with van der Waals surface area (Å²) in [5.74, 6) is 0.491. The summed E-state index contributed by atoms with van der Waals surface area (Å²) in [6.45, 7) is 5.48. The molecule has 8 nitrogen and oxygen atoms in total. The molecule has 0 radical (unpaired) electrons. The molecule has 10 heteroatoms. The Bertz CT molecular complexity index is 880. The van der Waals surface area contributed by atoms with Crippen molar-refractivity contribution in [1.29, 1.82) is 0 Å². The number of benzene rings is 1. The lowest BCUT2D eigenvalue weighted by molar-refractivity contribution is -0.115. The van der Waals surface area contributed by atoms with Gasteiger partial charge in [0, 0.05) is 12.5 Å². The zero-order valence-corrected chi connectivity index (χ0v) is 16.7. The molecule has 142 valence electrons. The number of sulfonamides is 1. The van der Waals surface area contributed by atoms with Crippen LogP contribution in [-0.2, 0) is 14.8 Å². The third-order valence-electron chi connectivity index (χ3n) is 3.73. The standard InChI is InChI=1S/C16H22N4O4S2/c1-5-12(11-7-8-13(24-4)10(3)9-11)20-26(22,23)16-19-18-15(25-16)17-14(21)6-2/h7-9,12,20H,5-6H2,1-4H3,(H,17,18,21). The van der Waals surface area contributed by atoms with Gasteiger partial charge in [-0.25, -0.2) is 13.1 Å². The minimum absolute atomic E-state index is 0.158. The largest absolute Gasteiger partial charge is 0.496 e. The Morgan fingerprint density at radius 1 is 1.31 bits per heavy atom. The lowest BCUT2D eigenvalue weighted by atomic mass is 10.0. The summed E-state index contributed by atoms with van der Waals surface area (Å²) in [4.78, 5) is 11.4. The monoisotopic (exact) mass is 398 g/mol. The van der Waals surface area contributed by atoms with Gasteiger partial charge in [-0.15, -0.1) is 10.2 Å². The van der Waals surface area contributed by atoms with Crippen molar-refractivity contribution in [3.8, 4) is 5.75 Å². The van der Waals surface area contributed by atoms with Crippen LogP contribution in [0.4, 0.5) is 5.13 Å². The number of nitrogens with zero attached hydrogens (tertiary/aromatic N) is 2. The highest BCUT2D eigenvalue weighted by molar-refractivity contribution is 7.91. The van der Waals surface area contributed by atoms with Crippen molar-refractivity contribution in [2.45, 2.75) is 44.0 Å². The highest BCUT2D eigenvalue weighted by Gasteiger charge is 2.25. The summed E-state index contributed by atoms with van der Waals surface area (Å²) in [6, 6.07) is 5.12. The van der Waals surface area contributed by atoms with Crippen molar-refractivity contribution in [3.05, 3.63) is 29.3 Å². The Morgan fingerprint density at radius 3 is 2.62 bits per heavy atom. The van der Waals surface area contributed by atoms with Gasteiger partial charge in [-0.2, -0.15) is 0 Å². The van der Waals surface area contributed by atoms with E-state index in [4.69, 9.17) is 4.74 Å². The van der Waals surface area contributed by atoms with E-state index in [9.17, 15) is 13.2 Å². The van der Waals surface area contributed by atoms with Gasteiger partial charge in [-0.05, 0) is 30.5 Å². The van der Waals surface area contributed by atoms with E-state index in [1.54, 1.807) is 14.0 Å². The molecule has 1 unspecified atom stereocenters. The highest BCUT2D eigenvalue weighted by Crippen LogP contribution is 2.27. The summed E-state index contributed by atoms with van der Waals surface area (Å²) in [5, 5.41) is 10.1. The summed E-state index contributed by atoms with van der Waals surface area (Å²) in [7, 11) is -2.27. The van der Waals surface area contributed by atoms with Gasteiger partial charge in [0.15, 0.2) is 0 Å². The fourth-order valence-electron chi connectivity index (χ4n) is 2.32. The normalized spacial score (nSPS) is 12.6. The van der Waals surface area contributed by atoms with Gasteiger partial charge >= 0.3 is 0 Å². The molecule has 1 amide bonds. The number of aromatic nitrogens is 2. The van der Waals surface area contributed by atoms with Crippen LogP contribution >= 0.6 is 11.3 Å². The lowest BCUT2D eigenvalue weighted by Crippen LogP contribution is -2.28. The predicted molar refractivity (Wildman–Crippen MR) is 99.9 cm³/mol. The van der Waals surface area contributed by atoms with E-state index in [-0.39, 0.29) is 21.8 Å².